The first-order valence-electron chi connectivity index (χ1n) is 17.9. The molecule has 2 saturated carbocycles. The Balaban J connectivity index is 1.01. The minimum absolute atomic E-state index is 0.162. The van der Waals surface area contributed by atoms with Gasteiger partial charge in [0, 0.05) is 60.5 Å². The summed E-state index contributed by atoms with van der Waals surface area (Å²) in [6.07, 6.45) is 13.8. The molecule has 5 atom stereocenters. The summed E-state index contributed by atoms with van der Waals surface area (Å²) in [5.74, 6) is 2.92. The normalized spacial score (nSPS) is 32.3. The Morgan fingerprint density at radius 3 is 2.71 bits per heavy atom. The number of aromatic nitrogens is 2. The number of rotatable bonds is 6. The van der Waals surface area contributed by atoms with Crippen LogP contribution in [0.15, 0.2) is 30.3 Å². The van der Waals surface area contributed by atoms with Crippen LogP contribution in [0.5, 0.6) is 11.8 Å². The lowest BCUT2D eigenvalue weighted by atomic mass is 9.90. The highest BCUT2D eigenvalue weighted by Crippen LogP contribution is 2.51. The molecule has 0 spiro atoms. The molecule has 0 amide bonds. The van der Waals surface area contributed by atoms with Crippen molar-refractivity contribution in [1.82, 2.24) is 20.2 Å². The van der Waals surface area contributed by atoms with E-state index in [1.54, 1.807) is 0 Å². The fourth-order valence-corrected chi connectivity index (χ4v) is 10.6. The number of aromatic hydroxyl groups is 1. The Hall–Kier alpha value is -3.10. The summed E-state index contributed by atoms with van der Waals surface area (Å²) >= 11 is 0. The number of nitrogens with zero attached hydrogens (tertiary/aromatic N) is 5. The van der Waals surface area contributed by atoms with Crippen LogP contribution < -0.4 is 19.9 Å². The van der Waals surface area contributed by atoms with Crippen molar-refractivity contribution in [2.75, 3.05) is 42.6 Å². The third-order valence-corrected chi connectivity index (χ3v) is 12.7. The second kappa shape index (κ2) is 10.2. The maximum absolute atomic E-state index is 10.8. The minimum Gasteiger partial charge on any atom is -0.508 e. The summed E-state index contributed by atoms with van der Waals surface area (Å²) in [7, 11) is 0. The predicted molar refractivity (Wildman–Crippen MR) is 176 cm³/mol. The van der Waals surface area contributed by atoms with Crippen molar-refractivity contribution in [3.8, 4) is 11.8 Å². The highest BCUT2D eigenvalue weighted by molar-refractivity contribution is 5.99. The number of anilines is 2. The first-order chi connectivity index (χ1) is 22.1. The van der Waals surface area contributed by atoms with E-state index >= 15 is 0 Å². The molecule has 4 saturated heterocycles. The molecule has 5 unspecified atom stereocenters. The molecule has 5 aliphatic heterocycles. The van der Waals surface area contributed by atoms with Gasteiger partial charge in [-0.25, -0.2) is 0 Å². The number of phenols is 1. The van der Waals surface area contributed by atoms with E-state index in [0.29, 0.717) is 42.9 Å². The fraction of sp³-hybridized carbons (Fsp3) is 0.622. The molecule has 10 rings (SSSR count). The van der Waals surface area contributed by atoms with E-state index in [-0.39, 0.29) is 5.54 Å². The maximum Gasteiger partial charge on any atom is 0.318 e. The SMILES string of the molecule is Oc1cc(N2CCc3c(nc(OCC45CCCN4C4CCCC4C5)nc3N3CC4CCC(C3)N4)C2)c2c(C3CC3)cccc2c1. The summed E-state index contributed by atoms with van der Waals surface area (Å²) in [5.41, 5.74) is 5.12. The van der Waals surface area contributed by atoms with Crippen LogP contribution in [-0.4, -0.2) is 76.4 Å². The van der Waals surface area contributed by atoms with Crippen molar-refractivity contribution in [2.24, 2.45) is 5.92 Å². The third-order valence-electron chi connectivity index (χ3n) is 12.7. The van der Waals surface area contributed by atoms with E-state index in [4.69, 9.17) is 14.7 Å². The van der Waals surface area contributed by atoms with Gasteiger partial charge in [-0.2, -0.15) is 9.97 Å². The number of phenolic OH excluding ortho intramolecular Hbond substituents is 1. The average molecular weight is 607 g/mol. The second-order valence-corrected chi connectivity index (χ2v) is 15.4. The molecule has 7 aliphatic rings. The third kappa shape index (κ3) is 4.45. The average Bonchev–Trinajstić information content (AvgIpc) is 3.37. The number of hydrogen-bond donors (Lipinski definition) is 2. The highest BCUT2D eigenvalue weighted by atomic mass is 16.5. The lowest BCUT2D eigenvalue weighted by Gasteiger charge is -2.38. The fourth-order valence-electron chi connectivity index (χ4n) is 10.6. The van der Waals surface area contributed by atoms with E-state index in [1.807, 2.05) is 12.1 Å². The van der Waals surface area contributed by atoms with E-state index in [1.165, 1.54) is 87.3 Å². The Bertz CT molecular complexity index is 1650. The van der Waals surface area contributed by atoms with Crippen molar-refractivity contribution >= 4 is 22.3 Å². The van der Waals surface area contributed by atoms with Gasteiger partial charge in [0.25, 0.3) is 0 Å². The van der Waals surface area contributed by atoms with Gasteiger partial charge < -0.3 is 25.0 Å². The zero-order chi connectivity index (χ0) is 29.7. The molecule has 45 heavy (non-hydrogen) atoms. The van der Waals surface area contributed by atoms with Crippen LogP contribution in [0, 0.1) is 5.92 Å². The van der Waals surface area contributed by atoms with Gasteiger partial charge in [-0.3, -0.25) is 4.90 Å². The molecule has 6 heterocycles. The highest BCUT2D eigenvalue weighted by Gasteiger charge is 2.55. The van der Waals surface area contributed by atoms with E-state index < -0.39 is 0 Å². The molecular formula is C37H46N6O2. The van der Waals surface area contributed by atoms with Gasteiger partial charge in [-0.05, 0) is 99.6 Å². The Kier molecular flexibility index (Phi) is 6.13. The monoisotopic (exact) mass is 606 g/mol. The molecule has 6 fully saturated rings. The van der Waals surface area contributed by atoms with Gasteiger partial charge in [-0.15, -0.1) is 0 Å². The zero-order valence-corrected chi connectivity index (χ0v) is 26.4. The number of ether oxygens (including phenoxy) is 1. The molecule has 2 N–H and O–H groups in total. The number of fused-ring (bicyclic) bond motifs is 7. The molecule has 1 aromatic heterocycles. The first kappa shape index (κ1) is 27.1. The van der Waals surface area contributed by atoms with Crippen molar-refractivity contribution < 1.29 is 9.84 Å². The van der Waals surface area contributed by atoms with Gasteiger partial charge in [0.05, 0.1) is 17.8 Å². The van der Waals surface area contributed by atoms with Crippen LogP contribution >= 0.6 is 0 Å². The summed E-state index contributed by atoms with van der Waals surface area (Å²) in [6.45, 7) is 5.54. The summed E-state index contributed by atoms with van der Waals surface area (Å²) in [6, 6.07) is 12.9. The van der Waals surface area contributed by atoms with Crippen molar-refractivity contribution in [3.63, 3.8) is 0 Å². The largest absolute Gasteiger partial charge is 0.508 e. The molecule has 0 radical (unpaired) electrons. The second-order valence-electron chi connectivity index (χ2n) is 15.4. The maximum atomic E-state index is 10.8. The molecule has 8 heteroatoms. The Morgan fingerprint density at radius 2 is 1.84 bits per heavy atom. The zero-order valence-electron chi connectivity index (χ0n) is 26.4. The van der Waals surface area contributed by atoms with Gasteiger partial charge >= 0.3 is 6.01 Å². The molecular weight excluding hydrogens is 560 g/mol. The van der Waals surface area contributed by atoms with Crippen LogP contribution in [0.4, 0.5) is 11.5 Å². The van der Waals surface area contributed by atoms with Crippen LogP contribution in [0.2, 0.25) is 0 Å². The smallest absolute Gasteiger partial charge is 0.318 e. The molecule has 2 aromatic carbocycles. The number of piperazine rings is 1. The van der Waals surface area contributed by atoms with Gasteiger partial charge in [0.1, 0.15) is 18.2 Å². The van der Waals surface area contributed by atoms with Gasteiger partial charge in [-0.1, -0.05) is 24.6 Å². The summed E-state index contributed by atoms with van der Waals surface area (Å²) in [4.78, 5) is 18.3. The molecule has 2 aliphatic carbocycles. The van der Waals surface area contributed by atoms with E-state index in [9.17, 15) is 5.11 Å². The molecule has 3 aromatic rings. The quantitative estimate of drug-likeness (QED) is 0.381. The molecule has 8 nitrogen and oxygen atoms in total. The van der Waals surface area contributed by atoms with Crippen LogP contribution in [0.3, 0.4) is 0 Å². The Morgan fingerprint density at radius 1 is 0.956 bits per heavy atom. The standard InChI is InChI=1S/C37H46N6O2/c44-28-16-24-4-1-6-29(23-8-9-23)34(24)33(17-28)41-15-12-30-31(21-41)39-36(40-35(30)42-19-26-10-11-27(20-42)38-26)45-22-37-13-3-14-43(37)32-7-2-5-25(32)18-37/h1,4,6,16-17,23,25-27,32,38,44H,2-3,5,7-15,18-22H2. The minimum atomic E-state index is 0.162. The topological polar surface area (TPSA) is 77.0 Å². The van der Waals surface area contributed by atoms with Crippen molar-refractivity contribution in [3.05, 3.63) is 47.2 Å². The summed E-state index contributed by atoms with van der Waals surface area (Å²) in [5, 5.41) is 17.1. The number of nitrogens with one attached hydrogen (secondary N) is 1. The predicted octanol–water partition coefficient (Wildman–Crippen LogP) is 5.50. The van der Waals surface area contributed by atoms with Crippen LogP contribution in [0.25, 0.3) is 10.8 Å². The number of benzene rings is 2. The van der Waals surface area contributed by atoms with E-state index in [0.717, 1.165) is 60.6 Å². The molecule has 2 bridgehead atoms. The van der Waals surface area contributed by atoms with Gasteiger partial charge in [0.2, 0.25) is 0 Å². The lowest BCUT2D eigenvalue weighted by Crippen LogP contribution is -2.52. The van der Waals surface area contributed by atoms with E-state index in [2.05, 4.69) is 38.2 Å². The van der Waals surface area contributed by atoms with Crippen LogP contribution in [0.1, 0.15) is 86.9 Å². The number of hydrogen-bond acceptors (Lipinski definition) is 8. The lowest BCUT2D eigenvalue weighted by molar-refractivity contribution is 0.0829. The van der Waals surface area contributed by atoms with Gasteiger partial charge in [0.15, 0.2) is 0 Å². The van der Waals surface area contributed by atoms with Crippen molar-refractivity contribution in [2.45, 2.75) is 107 Å². The first-order valence-corrected chi connectivity index (χ1v) is 17.9. The van der Waals surface area contributed by atoms with Crippen molar-refractivity contribution in [1.29, 1.82) is 0 Å². The summed E-state index contributed by atoms with van der Waals surface area (Å²) < 4.78 is 6.75. The molecule has 236 valence electrons. The van der Waals surface area contributed by atoms with Crippen LogP contribution in [-0.2, 0) is 13.0 Å². The Labute approximate surface area is 266 Å².